The third-order valence-corrected chi connectivity index (χ3v) is 6.50. The average molecular weight is 449 g/mol. The van der Waals surface area contributed by atoms with Crippen molar-refractivity contribution in [1.29, 1.82) is 0 Å². The molecule has 0 radical (unpaired) electrons. The summed E-state index contributed by atoms with van der Waals surface area (Å²) in [6.07, 6.45) is 4.90. The molecular formula is C23H33FN4O4. The molecular weight excluding hydrogens is 415 g/mol. The molecule has 4 heterocycles. The molecule has 0 aromatic carbocycles. The normalized spacial score (nSPS) is 18.3. The summed E-state index contributed by atoms with van der Waals surface area (Å²) in [7, 11) is 1.39. The Morgan fingerprint density at radius 3 is 2.66 bits per heavy atom. The molecule has 0 atom stereocenters. The van der Waals surface area contributed by atoms with Gasteiger partial charge in [0.25, 0.3) is 0 Å². The lowest BCUT2D eigenvalue weighted by atomic mass is 9.83. The van der Waals surface area contributed by atoms with E-state index in [4.69, 9.17) is 14.2 Å². The van der Waals surface area contributed by atoms with Crippen LogP contribution in [-0.4, -0.2) is 76.9 Å². The zero-order chi connectivity index (χ0) is 22.7. The van der Waals surface area contributed by atoms with Crippen LogP contribution in [0.15, 0.2) is 12.3 Å². The molecule has 2 aromatic heterocycles. The molecule has 9 heteroatoms. The van der Waals surface area contributed by atoms with Gasteiger partial charge >= 0.3 is 0 Å². The maximum atomic E-state index is 14.3. The maximum absolute atomic E-state index is 14.3. The van der Waals surface area contributed by atoms with Crippen molar-refractivity contribution in [3.8, 4) is 17.4 Å². The zero-order valence-electron chi connectivity index (χ0n) is 19.1. The average Bonchev–Trinajstić information content (AvgIpc) is 2.93. The lowest BCUT2D eigenvalue weighted by Crippen LogP contribution is -2.43. The number of aromatic nitrogens is 3. The summed E-state index contributed by atoms with van der Waals surface area (Å²) in [5.74, 6) is 0.342. The second-order valence-corrected chi connectivity index (χ2v) is 9.06. The quantitative estimate of drug-likeness (QED) is 0.697. The molecule has 2 aliphatic rings. The van der Waals surface area contributed by atoms with Gasteiger partial charge in [-0.2, -0.15) is 0 Å². The van der Waals surface area contributed by atoms with Crippen LogP contribution in [0.2, 0.25) is 0 Å². The third-order valence-electron chi connectivity index (χ3n) is 6.50. The fraction of sp³-hybridized carbons (Fsp3) is 0.652. The Balaban J connectivity index is 1.45. The molecule has 0 saturated carbocycles. The Labute approximate surface area is 188 Å². The Kier molecular flexibility index (Phi) is 6.97. The first-order valence-corrected chi connectivity index (χ1v) is 11.3. The highest BCUT2D eigenvalue weighted by Crippen LogP contribution is 2.30. The summed E-state index contributed by atoms with van der Waals surface area (Å²) in [5.41, 5.74) is 1.89. The van der Waals surface area contributed by atoms with Crippen LogP contribution in [0, 0.1) is 11.7 Å². The number of methoxy groups -OCH3 is 1. The van der Waals surface area contributed by atoms with Crippen LogP contribution in [0.4, 0.5) is 4.39 Å². The lowest BCUT2D eigenvalue weighted by molar-refractivity contribution is -0.0138. The van der Waals surface area contributed by atoms with Crippen LogP contribution in [0.5, 0.6) is 11.8 Å². The van der Waals surface area contributed by atoms with Gasteiger partial charge in [-0.05, 0) is 45.7 Å². The number of piperidine rings is 1. The first-order valence-electron chi connectivity index (χ1n) is 11.3. The molecule has 2 aromatic rings. The van der Waals surface area contributed by atoms with Gasteiger partial charge in [-0.1, -0.05) is 0 Å². The number of aliphatic hydroxyl groups is 1. The van der Waals surface area contributed by atoms with Gasteiger partial charge < -0.3 is 19.3 Å². The number of pyridine rings is 1. The minimum atomic E-state index is -0.620. The van der Waals surface area contributed by atoms with Crippen LogP contribution in [0.3, 0.4) is 0 Å². The van der Waals surface area contributed by atoms with Crippen molar-refractivity contribution in [3.63, 3.8) is 0 Å². The van der Waals surface area contributed by atoms with Crippen LogP contribution in [0.1, 0.15) is 37.9 Å². The van der Waals surface area contributed by atoms with Crippen molar-refractivity contribution in [1.82, 2.24) is 19.7 Å². The molecule has 4 rings (SSSR count). The summed E-state index contributed by atoms with van der Waals surface area (Å²) in [6, 6.07) is 1.38. The van der Waals surface area contributed by atoms with Crippen molar-refractivity contribution in [3.05, 3.63) is 29.3 Å². The van der Waals surface area contributed by atoms with E-state index in [2.05, 4.69) is 15.0 Å². The van der Waals surface area contributed by atoms with Crippen molar-refractivity contribution in [2.24, 2.45) is 5.92 Å². The van der Waals surface area contributed by atoms with Gasteiger partial charge in [-0.3, -0.25) is 4.90 Å². The summed E-state index contributed by atoms with van der Waals surface area (Å²) < 4.78 is 32.7. The molecule has 1 N–H and O–H groups in total. The van der Waals surface area contributed by atoms with Crippen LogP contribution < -0.4 is 9.47 Å². The first kappa shape index (κ1) is 22.9. The monoisotopic (exact) mass is 448 g/mol. The highest BCUT2D eigenvalue weighted by atomic mass is 19.1. The molecule has 0 unspecified atom stereocenters. The Bertz CT molecular complexity index is 919. The van der Waals surface area contributed by atoms with Gasteiger partial charge in [0.05, 0.1) is 43.5 Å². The number of ether oxygens (including phenoxy) is 3. The number of halogens is 1. The molecule has 0 bridgehead atoms. The van der Waals surface area contributed by atoms with Gasteiger partial charge in [0, 0.05) is 31.0 Å². The number of rotatable bonds is 7. The van der Waals surface area contributed by atoms with Crippen molar-refractivity contribution >= 4 is 0 Å². The minimum Gasteiger partial charge on any atom is -0.479 e. The third kappa shape index (κ3) is 5.05. The van der Waals surface area contributed by atoms with Crippen molar-refractivity contribution in [2.45, 2.75) is 45.1 Å². The van der Waals surface area contributed by atoms with Crippen LogP contribution in [0.25, 0.3) is 5.69 Å². The van der Waals surface area contributed by atoms with Crippen LogP contribution in [-0.2, 0) is 17.6 Å². The highest BCUT2D eigenvalue weighted by Gasteiger charge is 2.30. The fourth-order valence-corrected chi connectivity index (χ4v) is 4.56. The van der Waals surface area contributed by atoms with Crippen molar-refractivity contribution < 1.29 is 23.7 Å². The van der Waals surface area contributed by atoms with E-state index >= 15 is 0 Å². The molecule has 0 aliphatic carbocycles. The Morgan fingerprint density at radius 1 is 1.22 bits per heavy atom. The second kappa shape index (κ2) is 9.72. The molecule has 176 valence electrons. The van der Waals surface area contributed by atoms with E-state index in [0.717, 1.165) is 43.7 Å². The molecule has 0 amide bonds. The number of hydrogen-bond donors (Lipinski definition) is 1. The summed E-state index contributed by atoms with van der Waals surface area (Å²) >= 11 is 0. The van der Waals surface area contributed by atoms with Crippen molar-refractivity contribution in [2.75, 3.05) is 46.6 Å². The summed E-state index contributed by atoms with van der Waals surface area (Å²) in [5, 5.41) is 14.9. The van der Waals surface area contributed by atoms with E-state index in [0.29, 0.717) is 50.1 Å². The number of hydrogen-bond acceptors (Lipinski definition) is 7. The highest BCUT2D eigenvalue weighted by molar-refractivity contribution is 5.41. The zero-order valence-corrected chi connectivity index (χ0v) is 19.1. The predicted octanol–water partition coefficient (Wildman–Crippen LogP) is 2.39. The minimum absolute atomic E-state index is 0.0415. The molecule has 0 spiro atoms. The van der Waals surface area contributed by atoms with E-state index in [-0.39, 0.29) is 5.88 Å². The molecule has 1 saturated heterocycles. The number of likely N-dealkylation sites (tertiary alicyclic amines) is 1. The summed E-state index contributed by atoms with van der Waals surface area (Å²) in [4.78, 5) is 6.41. The molecule has 8 nitrogen and oxygen atoms in total. The van der Waals surface area contributed by atoms with Gasteiger partial charge in [0.15, 0.2) is 5.82 Å². The molecule has 2 aliphatic heterocycles. The first-order chi connectivity index (χ1) is 15.4. The van der Waals surface area contributed by atoms with Crippen LogP contribution >= 0.6 is 0 Å². The fourth-order valence-electron chi connectivity index (χ4n) is 4.56. The predicted molar refractivity (Wildman–Crippen MR) is 117 cm³/mol. The SMILES string of the molecule is COc1ncc(-n2nc(OCCN3CCC(C(C)(C)O)CC3)c3c2CCOCC3)cc1F. The number of nitrogens with zero attached hydrogens (tertiary/aromatic N) is 4. The molecule has 1 fully saturated rings. The van der Waals surface area contributed by atoms with Gasteiger partial charge in [-0.25, -0.2) is 14.1 Å². The van der Waals surface area contributed by atoms with E-state index in [9.17, 15) is 9.50 Å². The van der Waals surface area contributed by atoms with E-state index in [1.807, 2.05) is 13.8 Å². The Hall–Kier alpha value is -2.23. The maximum Gasteiger partial charge on any atom is 0.250 e. The van der Waals surface area contributed by atoms with E-state index in [1.165, 1.54) is 13.2 Å². The number of fused-ring (bicyclic) bond motifs is 1. The van der Waals surface area contributed by atoms with Gasteiger partial charge in [-0.15, -0.1) is 5.10 Å². The lowest BCUT2D eigenvalue weighted by Gasteiger charge is -2.37. The second-order valence-electron chi connectivity index (χ2n) is 9.06. The smallest absolute Gasteiger partial charge is 0.250 e. The largest absolute Gasteiger partial charge is 0.479 e. The van der Waals surface area contributed by atoms with Gasteiger partial charge in [0.1, 0.15) is 6.61 Å². The topological polar surface area (TPSA) is 81.9 Å². The standard InChI is InChI=1S/C23H33FN4O4/c1-23(2,29)16-4-8-27(9-5-16)10-13-32-21-18-6-11-31-12-7-20(18)28(26-21)17-14-19(24)22(30-3)25-15-17/h14-16,29H,4-13H2,1-3H3. The van der Waals surface area contributed by atoms with Gasteiger partial charge in [0.2, 0.25) is 11.8 Å². The Morgan fingerprint density at radius 2 is 1.97 bits per heavy atom. The summed E-state index contributed by atoms with van der Waals surface area (Å²) in [6.45, 7) is 8.21. The van der Waals surface area contributed by atoms with E-state index in [1.54, 1.807) is 10.9 Å². The molecule has 32 heavy (non-hydrogen) atoms. The van der Waals surface area contributed by atoms with E-state index < -0.39 is 11.4 Å².